The predicted molar refractivity (Wildman–Crippen MR) is 72.1 cm³/mol. The highest BCUT2D eigenvalue weighted by molar-refractivity contribution is 5.79. The Morgan fingerprint density at radius 1 is 1.39 bits per heavy atom. The molecule has 0 saturated carbocycles. The van der Waals surface area contributed by atoms with Crippen LogP contribution in [0.3, 0.4) is 0 Å². The van der Waals surface area contributed by atoms with Crippen LogP contribution in [0.1, 0.15) is 30.5 Å². The fourth-order valence-corrected chi connectivity index (χ4v) is 1.89. The number of hydrogen-bond acceptors (Lipinski definition) is 2. The average Bonchev–Trinajstić information content (AvgIpc) is 2.30. The molecule has 0 aromatic heterocycles. The Kier molecular flexibility index (Phi) is 4.91. The molecule has 1 aromatic rings. The second kappa shape index (κ2) is 6.20. The van der Waals surface area contributed by atoms with Crippen LogP contribution in [0.25, 0.3) is 0 Å². The maximum atomic E-state index is 12.2. The summed E-state index contributed by atoms with van der Waals surface area (Å²) >= 11 is 0. The Balaban J connectivity index is 2.86. The number of nitriles is 1. The van der Waals surface area contributed by atoms with Gasteiger partial charge in [0.2, 0.25) is 5.91 Å². The molecule has 1 amide bonds. The van der Waals surface area contributed by atoms with Gasteiger partial charge in [-0.25, -0.2) is 0 Å². The van der Waals surface area contributed by atoms with Crippen molar-refractivity contribution in [3.05, 3.63) is 34.9 Å². The summed E-state index contributed by atoms with van der Waals surface area (Å²) in [7, 11) is 0. The Bertz CT molecular complexity index is 472. The topological polar surface area (TPSA) is 44.1 Å². The molecule has 0 radical (unpaired) electrons. The van der Waals surface area contributed by atoms with Crippen LogP contribution in [0, 0.1) is 25.2 Å². The molecular formula is C15H20N2O. The molecule has 3 nitrogen and oxygen atoms in total. The zero-order chi connectivity index (χ0) is 13.7. The standard InChI is InChI=1S/C15H20N2O/c1-11(2)17(8-7-16)15(18)10-14-9-12(3)5-6-13(14)4/h5-6,9,11H,8,10H2,1-4H3. The maximum Gasteiger partial charge on any atom is 0.228 e. The van der Waals surface area contributed by atoms with Crippen LogP contribution >= 0.6 is 0 Å². The van der Waals surface area contributed by atoms with E-state index in [4.69, 9.17) is 5.26 Å². The van der Waals surface area contributed by atoms with E-state index in [1.54, 1.807) is 4.90 Å². The smallest absolute Gasteiger partial charge is 0.228 e. The Hall–Kier alpha value is -1.82. The fraction of sp³-hybridized carbons (Fsp3) is 0.467. The van der Waals surface area contributed by atoms with Crippen molar-refractivity contribution in [1.29, 1.82) is 5.26 Å². The normalized spacial score (nSPS) is 10.2. The highest BCUT2D eigenvalue weighted by atomic mass is 16.2. The van der Waals surface area contributed by atoms with Crippen molar-refractivity contribution in [3.8, 4) is 6.07 Å². The number of amides is 1. The van der Waals surface area contributed by atoms with Gasteiger partial charge in [0.15, 0.2) is 0 Å². The van der Waals surface area contributed by atoms with Crippen LogP contribution in [-0.2, 0) is 11.2 Å². The molecule has 0 fully saturated rings. The quantitative estimate of drug-likeness (QED) is 0.764. The van der Waals surface area contributed by atoms with Gasteiger partial charge in [0.05, 0.1) is 12.5 Å². The summed E-state index contributed by atoms with van der Waals surface area (Å²) in [5.41, 5.74) is 3.32. The third-order valence-corrected chi connectivity index (χ3v) is 3.03. The Morgan fingerprint density at radius 3 is 2.61 bits per heavy atom. The van der Waals surface area contributed by atoms with Crippen LogP contribution in [0.15, 0.2) is 18.2 Å². The minimum Gasteiger partial charge on any atom is -0.327 e. The number of carbonyl (C=O) groups is 1. The van der Waals surface area contributed by atoms with E-state index < -0.39 is 0 Å². The lowest BCUT2D eigenvalue weighted by Crippen LogP contribution is -2.38. The van der Waals surface area contributed by atoms with Crippen molar-refractivity contribution in [3.63, 3.8) is 0 Å². The maximum absolute atomic E-state index is 12.2. The second-order valence-electron chi connectivity index (χ2n) is 4.88. The van der Waals surface area contributed by atoms with E-state index in [1.165, 1.54) is 0 Å². The molecule has 96 valence electrons. The summed E-state index contributed by atoms with van der Waals surface area (Å²) in [5.74, 6) is 0.0141. The molecule has 1 rings (SSSR count). The third-order valence-electron chi connectivity index (χ3n) is 3.03. The van der Waals surface area contributed by atoms with Gasteiger partial charge in [-0.3, -0.25) is 4.79 Å². The number of aryl methyl sites for hydroxylation is 2. The highest BCUT2D eigenvalue weighted by Gasteiger charge is 2.17. The van der Waals surface area contributed by atoms with Gasteiger partial charge in [0.1, 0.15) is 6.54 Å². The molecular weight excluding hydrogens is 224 g/mol. The molecule has 0 spiro atoms. The van der Waals surface area contributed by atoms with Gasteiger partial charge in [-0.05, 0) is 38.8 Å². The van der Waals surface area contributed by atoms with Gasteiger partial charge >= 0.3 is 0 Å². The highest BCUT2D eigenvalue weighted by Crippen LogP contribution is 2.13. The van der Waals surface area contributed by atoms with E-state index in [-0.39, 0.29) is 18.5 Å². The second-order valence-corrected chi connectivity index (χ2v) is 4.88. The minimum absolute atomic E-state index is 0.0141. The lowest BCUT2D eigenvalue weighted by atomic mass is 10.0. The summed E-state index contributed by atoms with van der Waals surface area (Å²) in [4.78, 5) is 13.8. The van der Waals surface area contributed by atoms with Crippen molar-refractivity contribution in [2.24, 2.45) is 0 Å². The first kappa shape index (κ1) is 14.2. The number of nitrogens with zero attached hydrogens (tertiary/aromatic N) is 2. The lowest BCUT2D eigenvalue weighted by Gasteiger charge is -2.24. The average molecular weight is 244 g/mol. The number of rotatable bonds is 4. The van der Waals surface area contributed by atoms with Crippen molar-refractivity contribution in [2.75, 3.05) is 6.54 Å². The molecule has 0 atom stereocenters. The van der Waals surface area contributed by atoms with Crippen LogP contribution in [-0.4, -0.2) is 23.4 Å². The summed E-state index contributed by atoms with van der Waals surface area (Å²) < 4.78 is 0. The minimum atomic E-state index is 0.0141. The van der Waals surface area contributed by atoms with E-state index >= 15 is 0 Å². The van der Waals surface area contributed by atoms with E-state index in [9.17, 15) is 4.79 Å². The molecule has 3 heteroatoms. The van der Waals surface area contributed by atoms with E-state index in [2.05, 4.69) is 0 Å². The predicted octanol–water partition coefficient (Wildman–Crippen LogP) is 2.61. The molecule has 0 aliphatic carbocycles. The Labute approximate surface area is 109 Å². The molecule has 1 aromatic carbocycles. The lowest BCUT2D eigenvalue weighted by molar-refractivity contribution is -0.131. The number of benzene rings is 1. The zero-order valence-corrected chi connectivity index (χ0v) is 11.5. The largest absolute Gasteiger partial charge is 0.327 e. The van der Waals surface area contributed by atoms with E-state index in [0.29, 0.717) is 6.42 Å². The summed E-state index contributed by atoms with van der Waals surface area (Å²) in [6.45, 7) is 8.03. The number of hydrogen-bond donors (Lipinski definition) is 0. The van der Waals surface area contributed by atoms with Gasteiger partial charge < -0.3 is 4.90 Å². The molecule has 0 unspecified atom stereocenters. The van der Waals surface area contributed by atoms with Crippen LogP contribution in [0.4, 0.5) is 0 Å². The first-order chi connectivity index (χ1) is 8.45. The first-order valence-corrected chi connectivity index (χ1v) is 6.18. The number of carbonyl (C=O) groups excluding carboxylic acids is 1. The molecule has 0 aliphatic heterocycles. The van der Waals surface area contributed by atoms with E-state index in [0.717, 1.165) is 16.7 Å². The van der Waals surface area contributed by atoms with Crippen molar-refractivity contribution in [2.45, 2.75) is 40.2 Å². The fourth-order valence-electron chi connectivity index (χ4n) is 1.89. The van der Waals surface area contributed by atoms with Gasteiger partial charge in [-0.2, -0.15) is 5.26 Å². The molecule has 0 N–H and O–H groups in total. The monoisotopic (exact) mass is 244 g/mol. The first-order valence-electron chi connectivity index (χ1n) is 6.18. The molecule has 0 aliphatic rings. The summed E-state index contributed by atoms with van der Waals surface area (Å²) in [6, 6.07) is 8.21. The van der Waals surface area contributed by atoms with Gasteiger partial charge in [-0.1, -0.05) is 23.8 Å². The van der Waals surface area contributed by atoms with Crippen molar-refractivity contribution < 1.29 is 4.79 Å². The van der Waals surface area contributed by atoms with Crippen LogP contribution < -0.4 is 0 Å². The van der Waals surface area contributed by atoms with Gasteiger partial charge in [-0.15, -0.1) is 0 Å². The van der Waals surface area contributed by atoms with Crippen molar-refractivity contribution in [1.82, 2.24) is 4.90 Å². The van der Waals surface area contributed by atoms with Crippen molar-refractivity contribution >= 4 is 5.91 Å². The van der Waals surface area contributed by atoms with Gasteiger partial charge in [0, 0.05) is 6.04 Å². The molecule has 0 heterocycles. The van der Waals surface area contributed by atoms with Gasteiger partial charge in [0.25, 0.3) is 0 Å². The molecule has 0 bridgehead atoms. The summed E-state index contributed by atoms with van der Waals surface area (Å²) in [5, 5.41) is 8.76. The summed E-state index contributed by atoms with van der Waals surface area (Å²) in [6.07, 6.45) is 0.368. The SMILES string of the molecule is Cc1ccc(C)c(CC(=O)N(CC#N)C(C)C)c1. The zero-order valence-electron chi connectivity index (χ0n) is 11.5. The Morgan fingerprint density at radius 2 is 2.06 bits per heavy atom. The van der Waals surface area contributed by atoms with Crippen LogP contribution in [0.5, 0.6) is 0 Å². The van der Waals surface area contributed by atoms with E-state index in [1.807, 2.05) is 52.0 Å². The molecule has 18 heavy (non-hydrogen) atoms. The third kappa shape index (κ3) is 3.59. The molecule has 0 saturated heterocycles. The van der Waals surface area contributed by atoms with Crippen LogP contribution in [0.2, 0.25) is 0 Å².